The second-order valence-corrected chi connectivity index (χ2v) is 6.23. The zero-order valence-corrected chi connectivity index (χ0v) is 18.6. The van der Waals surface area contributed by atoms with Crippen LogP contribution in [0.2, 0.25) is 0 Å². The van der Waals surface area contributed by atoms with Gasteiger partial charge in [-0.1, -0.05) is 12.1 Å². The van der Waals surface area contributed by atoms with Gasteiger partial charge in [0.25, 0.3) is 0 Å². The highest BCUT2D eigenvalue weighted by Gasteiger charge is 2.11. The number of benzene rings is 1. The molecule has 1 aliphatic rings. The number of nitrogens with zero attached hydrogens (tertiary/aromatic N) is 2. The summed E-state index contributed by atoms with van der Waals surface area (Å²) in [5.41, 5.74) is 0.917. The normalized spacial score (nSPS) is 16.5. The Labute approximate surface area is 178 Å². The highest BCUT2D eigenvalue weighted by atomic mass is 127. The van der Waals surface area contributed by atoms with Crippen LogP contribution < -0.4 is 10.6 Å². The van der Waals surface area contributed by atoms with E-state index in [0.717, 1.165) is 63.9 Å². The fourth-order valence-corrected chi connectivity index (χ4v) is 2.84. The third-order valence-electron chi connectivity index (χ3n) is 4.33. The first-order valence-electron chi connectivity index (χ1n) is 9.33. The topological polar surface area (TPSA) is 58.1 Å². The molecule has 0 saturated carbocycles. The van der Waals surface area contributed by atoms with Crippen LogP contribution in [0, 0.1) is 5.82 Å². The molecule has 1 saturated heterocycles. The van der Waals surface area contributed by atoms with Crippen LogP contribution in [0.4, 0.5) is 4.39 Å². The monoisotopic (exact) mass is 494 g/mol. The summed E-state index contributed by atoms with van der Waals surface area (Å²) < 4.78 is 23.9. The Kier molecular flexibility index (Phi) is 12.6. The van der Waals surface area contributed by atoms with Crippen molar-refractivity contribution in [3.8, 4) is 0 Å². The Balaban J connectivity index is 0.00000364. The van der Waals surface area contributed by atoms with E-state index in [9.17, 15) is 4.39 Å². The van der Waals surface area contributed by atoms with Gasteiger partial charge in [0, 0.05) is 33.3 Å². The number of rotatable bonds is 9. The molecule has 1 atom stereocenters. The van der Waals surface area contributed by atoms with Gasteiger partial charge in [0.15, 0.2) is 5.96 Å². The van der Waals surface area contributed by atoms with E-state index in [1.807, 2.05) is 6.92 Å². The molecule has 1 aliphatic heterocycles. The smallest absolute Gasteiger partial charge is 0.191 e. The lowest BCUT2D eigenvalue weighted by atomic mass is 10.1. The van der Waals surface area contributed by atoms with Gasteiger partial charge in [-0.05, 0) is 37.6 Å². The number of morpholine rings is 1. The van der Waals surface area contributed by atoms with Crippen LogP contribution in [-0.2, 0) is 9.47 Å². The SMILES string of the molecule is CCNC(=NCC(OC)c1ccc(F)cc1)NCCCN1CCOCC1.I. The number of methoxy groups -OCH3 is 1. The zero-order chi connectivity index (χ0) is 18.6. The summed E-state index contributed by atoms with van der Waals surface area (Å²) in [5.74, 6) is 0.529. The van der Waals surface area contributed by atoms with E-state index < -0.39 is 0 Å². The number of hydrogen-bond donors (Lipinski definition) is 2. The third kappa shape index (κ3) is 9.18. The van der Waals surface area contributed by atoms with Crippen LogP contribution in [0.15, 0.2) is 29.3 Å². The highest BCUT2D eigenvalue weighted by Crippen LogP contribution is 2.17. The minimum absolute atomic E-state index is 0. The Morgan fingerprint density at radius 1 is 1.26 bits per heavy atom. The molecule has 0 amide bonds. The zero-order valence-electron chi connectivity index (χ0n) is 16.2. The molecule has 1 heterocycles. The second-order valence-electron chi connectivity index (χ2n) is 6.23. The van der Waals surface area contributed by atoms with E-state index in [2.05, 4.69) is 20.5 Å². The summed E-state index contributed by atoms with van der Waals surface area (Å²) in [6.45, 7) is 8.92. The van der Waals surface area contributed by atoms with Gasteiger partial charge in [-0.25, -0.2) is 4.39 Å². The van der Waals surface area contributed by atoms with Gasteiger partial charge in [-0.15, -0.1) is 24.0 Å². The molecule has 0 aromatic heterocycles. The summed E-state index contributed by atoms with van der Waals surface area (Å²) in [7, 11) is 1.65. The summed E-state index contributed by atoms with van der Waals surface area (Å²) in [6, 6.07) is 6.36. The van der Waals surface area contributed by atoms with Crippen molar-refractivity contribution in [1.29, 1.82) is 0 Å². The van der Waals surface area contributed by atoms with E-state index in [0.29, 0.717) is 6.54 Å². The van der Waals surface area contributed by atoms with Crippen LogP contribution in [0.5, 0.6) is 0 Å². The van der Waals surface area contributed by atoms with Crippen molar-refractivity contribution in [2.45, 2.75) is 19.4 Å². The van der Waals surface area contributed by atoms with Crippen molar-refractivity contribution in [2.75, 3.05) is 59.6 Å². The Morgan fingerprint density at radius 2 is 1.96 bits per heavy atom. The molecule has 2 N–H and O–H groups in total. The minimum atomic E-state index is -0.248. The predicted molar refractivity (Wildman–Crippen MR) is 117 cm³/mol. The molecule has 0 bridgehead atoms. The minimum Gasteiger partial charge on any atom is -0.379 e. The lowest BCUT2D eigenvalue weighted by Crippen LogP contribution is -2.41. The third-order valence-corrected chi connectivity index (χ3v) is 4.33. The maximum Gasteiger partial charge on any atom is 0.191 e. The molecule has 8 heteroatoms. The Morgan fingerprint density at radius 3 is 2.59 bits per heavy atom. The van der Waals surface area contributed by atoms with Gasteiger partial charge in [0.05, 0.1) is 19.8 Å². The quantitative estimate of drug-likeness (QED) is 0.239. The van der Waals surface area contributed by atoms with Crippen LogP contribution in [0.1, 0.15) is 25.0 Å². The molecule has 2 rings (SSSR count). The van der Waals surface area contributed by atoms with Crippen molar-refractivity contribution < 1.29 is 13.9 Å². The van der Waals surface area contributed by atoms with Crippen LogP contribution in [0.25, 0.3) is 0 Å². The van der Waals surface area contributed by atoms with Gasteiger partial charge in [0.2, 0.25) is 0 Å². The summed E-state index contributed by atoms with van der Waals surface area (Å²) in [5, 5.41) is 6.62. The van der Waals surface area contributed by atoms with Crippen molar-refractivity contribution in [2.24, 2.45) is 4.99 Å². The van der Waals surface area contributed by atoms with Gasteiger partial charge in [-0.3, -0.25) is 9.89 Å². The van der Waals surface area contributed by atoms with E-state index in [-0.39, 0.29) is 35.9 Å². The standard InChI is InChI=1S/C19H31FN4O2.HI/c1-3-21-19(22-9-4-10-24-11-13-26-14-12-24)23-15-18(25-2)16-5-7-17(20)8-6-16;/h5-8,18H,3-4,9-15H2,1-2H3,(H2,21,22,23);1H. The largest absolute Gasteiger partial charge is 0.379 e. The van der Waals surface area contributed by atoms with Crippen molar-refractivity contribution >= 4 is 29.9 Å². The van der Waals surface area contributed by atoms with Crippen molar-refractivity contribution in [1.82, 2.24) is 15.5 Å². The molecule has 0 radical (unpaired) electrons. The molecular formula is C19H32FIN4O2. The Hall–Kier alpha value is -0.970. The molecule has 1 unspecified atom stereocenters. The number of hydrogen-bond acceptors (Lipinski definition) is 4. The molecule has 0 aliphatic carbocycles. The molecule has 0 spiro atoms. The molecule has 27 heavy (non-hydrogen) atoms. The van der Waals surface area contributed by atoms with Crippen LogP contribution >= 0.6 is 24.0 Å². The fraction of sp³-hybridized carbons (Fsp3) is 0.632. The van der Waals surface area contributed by atoms with Crippen molar-refractivity contribution in [3.05, 3.63) is 35.6 Å². The second kappa shape index (κ2) is 14.1. The molecular weight excluding hydrogens is 462 g/mol. The number of halogens is 2. The molecule has 1 aromatic rings. The van der Waals surface area contributed by atoms with E-state index >= 15 is 0 Å². The summed E-state index contributed by atoms with van der Waals surface area (Å²) in [4.78, 5) is 7.03. The summed E-state index contributed by atoms with van der Waals surface area (Å²) in [6.07, 6.45) is 0.857. The average molecular weight is 494 g/mol. The lowest BCUT2D eigenvalue weighted by molar-refractivity contribution is 0.0376. The van der Waals surface area contributed by atoms with Crippen LogP contribution in [0.3, 0.4) is 0 Å². The fourth-order valence-electron chi connectivity index (χ4n) is 2.84. The van der Waals surface area contributed by atoms with E-state index in [4.69, 9.17) is 9.47 Å². The first-order valence-corrected chi connectivity index (χ1v) is 9.33. The molecule has 6 nitrogen and oxygen atoms in total. The number of guanidine groups is 1. The van der Waals surface area contributed by atoms with Gasteiger partial charge in [-0.2, -0.15) is 0 Å². The van der Waals surface area contributed by atoms with Gasteiger partial charge in [0.1, 0.15) is 11.9 Å². The first kappa shape index (κ1) is 24.1. The van der Waals surface area contributed by atoms with Gasteiger partial charge < -0.3 is 20.1 Å². The molecule has 1 aromatic carbocycles. The molecule has 154 valence electrons. The van der Waals surface area contributed by atoms with Crippen molar-refractivity contribution in [3.63, 3.8) is 0 Å². The predicted octanol–water partition coefficient (Wildman–Crippen LogP) is 2.41. The maximum absolute atomic E-state index is 13.1. The van der Waals surface area contributed by atoms with Gasteiger partial charge >= 0.3 is 0 Å². The summed E-state index contributed by atoms with van der Waals surface area (Å²) >= 11 is 0. The average Bonchev–Trinajstić information content (AvgIpc) is 2.67. The molecule has 1 fully saturated rings. The lowest BCUT2D eigenvalue weighted by Gasteiger charge is -2.26. The maximum atomic E-state index is 13.1. The number of ether oxygens (including phenoxy) is 2. The number of nitrogens with one attached hydrogen (secondary N) is 2. The van der Waals surface area contributed by atoms with E-state index in [1.165, 1.54) is 12.1 Å². The number of aliphatic imine (C=N–C) groups is 1. The Bertz CT molecular complexity index is 539. The first-order chi connectivity index (χ1) is 12.7. The van der Waals surface area contributed by atoms with E-state index in [1.54, 1.807) is 19.2 Å². The van der Waals surface area contributed by atoms with Crippen LogP contribution in [-0.4, -0.2) is 70.5 Å². The highest BCUT2D eigenvalue weighted by molar-refractivity contribution is 14.0.